The molecule has 1 fully saturated rings. The number of nitrogens with zero attached hydrogens (tertiary/aromatic N) is 2. The van der Waals surface area contributed by atoms with E-state index in [0.717, 1.165) is 38.0 Å². The fourth-order valence-electron chi connectivity index (χ4n) is 5.41. The number of rotatable bonds is 7. The first kappa shape index (κ1) is 30.0. The molecule has 0 aliphatic carbocycles. The average Bonchev–Trinajstić information content (AvgIpc) is 3.44. The molecule has 224 valence electrons. The van der Waals surface area contributed by atoms with E-state index in [0.29, 0.717) is 21.2 Å². The van der Waals surface area contributed by atoms with Crippen LogP contribution in [0, 0.1) is 11.7 Å². The number of halogens is 2. The lowest BCUT2D eigenvalue weighted by atomic mass is 9.83. The topological polar surface area (TPSA) is 115 Å². The van der Waals surface area contributed by atoms with Crippen molar-refractivity contribution in [3.8, 4) is 0 Å². The number of thioether (sulfide) groups is 1. The molecule has 6 rings (SSSR count). The molecule has 44 heavy (non-hydrogen) atoms. The molecule has 3 atom stereocenters. The summed E-state index contributed by atoms with van der Waals surface area (Å²) in [5, 5.41) is 2.31. The van der Waals surface area contributed by atoms with E-state index in [1.807, 2.05) is 24.3 Å². The summed E-state index contributed by atoms with van der Waals surface area (Å²) >= 11 is 5.52. The monoisotopic (exact) mass is 695 g/mol. The summed E-state index contributed by atoms with van der Waals surface area (Å²) < 4.78 is 20.7. The Morgan fingerprint density at radius 1 is 1.00 bits per heavy atom. The van der Waals surface area contributed by atoms with Gasteiger partial charge in [-0.2, -0.15) is 0 Å². The third-order valence-corrected chi connectivity index (χ3v) is 10.4. The minimum absolute atomic E-state index is 0.239. The van der Waals surface area contributed by atoms with E-state index in [1.165, 1.54) is 41.0 Å². The number of aromatic nitrogens is 1. The molecule has 2 aliphatic heterocycles. The summed E-state index contributed by atoms with van der Waals surface area (Å²) in [7, 11) is 0. The number of nitrogens with one attached hydrogen (secondary N) is 1. The summed E-state index contributed by atoms with van der Waals surface area (Å²) in [5.41, 5.74) is 1.76. The number of thiazole rings is 1. The van der Waals surface area contributed by atoms with Crippen LogP contribution in [0.4, 0.5) is 15.8 Å². The summed E-state index contributed by atoms with van der Waals surface area (Å²) in [6.07, 6.45) is 0. The van der Waals surface area contributed by atoms with Gasteiger partial charge in [-0.1, -0.05) is 51.2 Å². The quantitative estimate of drug-likeness (QED) is 0.203. The molecule has 9 nitrogen and oxygen atoms in total. The van der Waals surface area contributed by atoms with Crippen molar-refractivity contribution in [2.45, 2.75) is 29.7 Å². The number of anilines is 2. The Bertz CT molecular complexity index is 1860. The zero-order chi connectivity index (χ0) is 31.1. The molecular formula is C31H23BrFN3O6S2. The molecule has 1 aromatic heterocycles. The maximum absolute atomic E-state index is 13.9. The maximum atomic E-state index is 13.9. The molecule has 0 spiro atoms. The zero-order valence-corrected chi connectivity index (χ0v) is 26.2. The van der Waals surface area contributed by atoms with Crippen LogP contribution in [0.25, 0.3) is 0 Å². The largest absolute Gasteiger partial charge is 0.462 e. The van der Waals surface area contributed by atoms with Crippen molar-refractivity contribution in [1.82, 2.24) is 4.57 Å². The summed E-state index contributed by atoms with van der Waals surface area (Å²) in [6, 6.07) is 18.7. The zero-order valence-electron chi connectivity index (χ0n) is 23.0. The number of esters is 1. The van der Waals surface area contributed by atoms with Gasteiger partial charge in [-0.25, -0.2) is 14.1 Å². The standard InChI is InChI=1S/C31H23BrFN3O6S2/c1-2-42-30(40)16-6-10-20(11-7-16)34-22(37)15-35-29-26(44-31(35)41)23(17-4-3-5-18(32)14-17)24-25(43-29)28(39)36(27(24)38)21-12-8-19(33)9-13-21/h3-14,23-25H,2,15H2,1H3,(H,34,37)/t23-,24-,25+/m0/s1. The van der Waals surface area contributed by atoms with Crippen molar-refractivity contribution in [3.63, 3.8) is 0 Å². The van der Waals surface area contributed by atoms with Crippen LogP contribution >= 0.6 is 39.0 Å². The van der Waals surface area contributed by atoms with Gasteiger partial charge >= 0.3 is 10.8 Å². The minimum Gasteiger partial charge on any atom is -0.462 e. The molecule has 3 heterocycles. The molecular weight excluding hydrogens is 673 g/mol. The van der Waals surface area contributed by atoms with Gasteiger partial charge in [0.1, 0.15) is 17.6 Å². The second-order valence-electron chi connectivity index (χ2n) is 10.1. The van der Waals surface area contributed by atoms with E-state index < -0.39 is 51.5 Å². The van der Waals surface area contributed by atoms with Crippen molar-refractivity contribution >= 4 is 74.1 Å². The van der Waals surface area contributed by atoms with Gasteiger partial charge in [-0.3, -0.25) is 23.7 Å². The van der Waals surface area contributed by atoms with E-state index >= 15 is 0 Å². The van der Waals surface area contributed by atoms with Gasteiger partial charge in [-0.15, -0.1) is 0 Å². The Morgan fingerprint density at radius 3 is 2.41 bits per heavy atom. The lowest BCUT2D eigenvalue weighted by Gasteiger charge is -2.30. The van der Waals surface area contributed by atoms with Crippen LogP contribution in [0.2, 0.25) is 0 Å². The van der Waals surface area contributed by atoms with Crippen molar-refractivity contribution in [3.05, 3.63) is 109 Å². The second-order valence-corrected chi connectivity index (χ2v) is 13.1. The SMILES string of the molecule is CCOC(=O)c1ccc(NC(=O)Cn2c3c(sc2=O)[C@@H](c2cccc(Br)c2)[C@@H]2C(=O)N(c4ccc(F)cc4)C(=O)[C@@H]2S3)cc1. The van der Waals surface area contributed by atoms with Crippen LogP contribution < -0.4 is 15.1 Å². The highest BCUT2D eigenvalue weighted by Gasteiger charge is 2.56. The molecule has 0 unspecified atom stereocenters. The first-order valence-corrected chi connectivity index (χ1v) is 16.0. The Balaban J connectivity index is 1.33. The van der Waals surface area contributed by atoms with E-state index in [2.05, 4.69) is 21.2 Å². The molecule has 1 N–H and O–H groups in total. The smallest absolute Gasteiger partial charge is 0.338 e. The Morgan fingerprint density at radius 2 is 1.73 bits per heavy atom. The van der Waals surface area contributed by atoms with Gasteiger partial charge in [0.25, 0.3) is 0 Å². The summed E-state index contributed by atoms with van der Waals surface area (Å²) in [6.45, 7) is 1.62. The number of ether oxygens (including phenoxy) is 1. The third-order valence-electron chi connectivity index (χ3n) is 7.32. The maximum Gasteiger partial charge on any atom is 0.338 e. The minimum atomic E-state index is -0.872. The Hall–Kier alpha value is -4.07. The average molecular weight is 697 g/mol. The highest BCUT2D eigenvalue weighted by molar-refractivity contribution is 9.10. The van der Waals surface area contributed by atoms with Crippen molar-refractivity contribution in [2.75, 3.05) is 16.8 Å². The van der Waals surface area contributed by atoms with Gasteiger partial charge in [-0.05, 0) is 73.2 Å². The summed E-state index contributed by atoms with van der Waals surface area (Å²) in [5.74, 6) is -3.82. The molecule has 4 aromatic rings. The molecule has 2 aliphatic rings. The number of hydrogen-bond donors (Lipinski definition) is 1. The molecule has 3 aromatic carbocycles. The van der Waals surface area contributed by atoms with E-state index in [-0.39, 0.29) is 18.8 Å². The van der Waals surface area contributed by atoms with Crippen molar-refractivity contribution in [2.24, 2.45) is 5.92 Å². The fraction of sp³-hybridized carbons (Fsp3) is 0.194. The predicted molar refractivity (Wildman–Crippen MR) is 168 cm³/mol. The summed E-state index contributed by atoms with van der Waals surface area (Å²) in [4.78, 5) is 67.3. The number of imide groups is 1. The number of carbonyl (C=O) groups is 4. The lowest BCUT2D eigenvalue weighted by Crippen LogP contribution is -2.33. The van der Waals surface area contributed by atoms with Gasteiger partial charge in [0.15, 0.2) is 0 Å². The Labute approximate surface area is 267 Å². The van der Waals surface area contributed by atoms with Crippen LogP contribution in [0.15, 0.2) is 87.1 Å². The second kappa shape index (κ2) is 12.1. The van der Waals surface area contributed by atoms with E-state index in [1.54, 1.807) is 19.1 Å². The van der Waals surface area contributed by atoms with Crippen molar-refractivity contribution < 1.29 is 28.3 Å². The molecule has 0 saturated carbocycles. The van der Waals surface area contributed by atoms with Crippen LogP contribution in [-0.4, -0.2) is 40.1 Å². The molecule has 13 heteroatoms. The van der Waals surface area contributed by atoms with Crippen molar-refractivity contribution in [1.29, 1.82) is 0 Å². The first-order chi connectivity index (χ1) is 21.2. The van der Waals surface area contributed by atoms with Gasteiger partial charge < -0.3 is 10.1 Å². The van der Waals surface area contributed by atoms with Crippen LogP contribution in [0.5, 0.6) is 0 Å². The molecule has 3 amide bonds. The van der Waals surface area contributed by atoms with Crippen LogP contribution in [0.3, 0.4) is 0 Å². The Kier molecular flexibility index (Phi) is 8.27. The van der Waals surface area contributed by atoms with Gasteiger partial charge in [0.05, 0.1) is 28.8 Å². The van der Waals surface area contributed by atoms with E-state index in [9.17, 15) is 28.4 Å². The molecule has 0 radical (unpaired) electrons. The number of amides is 3. The van der Waals surface area contributed by atoms with Crippen LogP contribution in [-0.2, 0) is 25.7 Å². The number of fused-ring (bicyclic) bond motifs is 2. The molecule has 1 saturated heterocycles. The highest BCUT2D eigenvalue weighted by atomic mass is 79.9. The molecule has 0 bridgehead atoms. The number of hydrogen-bond acceptors (Lipinski definition) is 8. The van der Waals surface area contributed by atoms with E-state index in [4.69, 9.17) is 4.74 Å². The highest BCUT2D eigenvalue weighted by Crippen LogP contribution is 2.54. The van der Waals surface area contributed by atoms with Crippen LogP contribution in [0.1, 0.15) is 33.6 Å². The fourth-order valence-corrected chi connectivity index (χ4v) is 8.60. The predicted octanol–water partition coefficient (Wildman–Crippen LogP) is 5.42. The normalized spacial score (nSPS) is 19.0. The first-order valence-electron chi connectivity index (χ1n) is 13.5. The number of carbonyl (C=O) groups excluding carboxylic acids is 4. The van der Waals surface area contributed by atoms with Gasteiger partial charge in [0, 0.05) is 21.0 Å². The third kappa shape index (κ3) is 5.51. The number of benzene rings is 3. The lowest BCUT2D eigenvalue weighted by molar-refractivity contribution is -0.122. The van der Waals surface area contributed by atoms with Gasteiger partial charge in [0.2, 0.25) is 17.7 Å².